The van der Waals surface area contributed by atoms with Gasteiger partial charge >= 0.3 is 6.03 Å². The van der Waals surface area contributed by atoms with E-state index in [2.05, 4.69) is 15.7 Å². The molecule has 0 bridgehead atoms. The molecule has 6 rings (SSSR count). The molecule has 3 aliphatic rings. The summed E-state index contributed by atoms with van der Waals surface area (Å²) >= 11 is 0. The number of phenolic OH excluding ortho intramolecular Hbond substituents is 1. The van der Waals surface area contributed by atoms with Crippen molar-refractivity contribution in [3.8, 4) is 28.5 Å². The van der Waals surface area contributed by atoms with Gasteiger partial charge in [0.15, 0.2) is 11.5 Å². The zero-order valence-corrected chi connectivity index (χ0v) is 17.7. The molecule has 2 heterocycles. The smallest absolute Gasteiger partial charge is 0.342 e. The van der Waals surface area contributed by atoms with Crippen LogP contribution in [-0.2, 0) is 0 Å². The van der Waals surface area contributed by atoms with Crippen LogP contribution in [0.2, 0.25) is 0 Å². The molecular formula is C24H22N4O5. The Balaban J connectivity index is 1.23. The topological polar surface area (TPSA) is 115 Å². The normalized spacial score (nSPS) is 16.5. The molecule has 3 N–H and O–H groups in total. The number of fused-ring (bicyclic) bond motifs is 1. The summed E-state index contributed by atoms with van der Waals surface area (Å²) in [6, 6.07) is 11.7. The molecule has 0 spiro atoms. The molecule has 1 aliphatic heterocycles. The highest BCUT2D eigenvalue weighted by Gasteiger charge is 2.32. The van der Waals surface area contributed by atoms with Crippen molar-refractivity contribution in [1.29, 1.82) is 0 Å². The molecule has 0 radical (unpaired) electrons. The molecule has 9 heteroatoms. The van der Waals surface area contributed by atoms with Crippen LogP contribution in [0.15, 0.2) is 42.5 Å². The first-order chi connectivity index (χ1) is 16.0. The fourth-order valence-electron chi connectivity index (χ4n) is 3.89. The second-order valence-electron chi connectivity index (χ2n) is 8.62. The van der Waals surface area contributed by atoms with Gasteiger partial charge in [0.05, 0.1) is 11.4 Å². The van der Waals surface area contributed by atoms with Gasteiger partial charge in [-0.3, -0.25) is 4.79 Å². The Hall–Kier alpha value is -4.01. The van der Waals surface area contributed by atoms with Crippen LogP contribution < -0.4 is 20.1 Å². The first-order valence-corrected chi connectivity index (χ1v) is 11.0. The van der Waals surface area contributed by atoms with Crippen molar-refractivity contribution in [1.82, 2.24) is 15.1 Å². The third kappa shape index (κ3) is 3.86. The zero-order valence-electron chi connectivity index (χ0n) is 17.7. The maximum absolute atomic E-state index is 12.6. The lowest BCUT2D eigenvalue weighted by molar-refractivity contribution is 0.102. The van der Waals surface area contributed by atoms with E-state index in [1.165, 1.54) is 10.7 Å². The van der Waals surface area contributed by atoms with Crippen molar-refractivity contribution < 1.29 is 24.2 Å². The molecule has 9 nitrogen and oxygen atoms in total. The molecule has 0 saturated heterocycles. The van der Waals surface area contributed by atoms with E-state index < -0.39 is 0 Å². The Labute approximate surface area is 189 Å². The van der Waals surface area contributed by atoms with Crippen LogP contribution in [-0.4, -0.2) is 39.7 Å². The van der Waals surface area contributed by atoms with Gasteiger partial charge in [-0.1, -0.05) is 0 Å². The van der Waals surface area contributed by atoms with E-state index in [4.69, 9.17) is 9.47 Å². The molecule has 168 valence electrons. The maximum Gasteiger partial charge on any atom is 0.342 e. The van der Waals surface area contributed by atoms with E-state index in [-0.39, 0.29) is 30.5 Å². The van der Waals surface area contributed by atoms with Crippen molar-refractivity contribution in [2.24, 2.45) is 0 Å². The summed E-state index contributed by atoms with van der Waals surface area (Å²) in [6.45, 7) is 0.135. The first kappa shape index (κ1) is 19.7. The predicted octanol–water partition coefficient (Wildman–Crippen LogP) is 3.83. The molecule has 2 fully saturated rings. The van der Waals surface area contributed by atoms with Crippen molar-refractivity contribution in [2.75, 3.05) is 12.1 Å². The van der Waals surface area contributed by atoms with Crippen LogP contribution >= 0.6 is 0 Å². The van der Waals surface area contributed by atoms with Crippen molar-refractivity contribution in [2.45, 2.75) is 37.6 Å². The van der Waals surface area contributed by atoms with Gasteiger partial charge in [0.1, 0.15) is 5.75 Å². The highest BCUT2D eigenvalue weighted by Crippen LogP contribution is 2.42. The number of hydrogen-bond acceptors (Lipinski definition) is 6. The summed E-state index contributed by atoms with van der Waals surface area (Å²) in [7, 11) is 0. The maximum atomic E-state index is 12.6. The SMILES string of the molecule is O=C(Nc1ccc(-c2cc(C3CC3)n(C(=O)NC3CC3)n2)c(O)c1)c1ccc2c(c1)OCO2. The molecule has 2 aromatic carbocycles. The van der Waals surface area contributed by atoms with Gasteiger partial charge < -0.3 is 25.2 Å². The largest absolute Gasteiger partial charge is 0.507 e. The third-order valence-electron chi connectivity index (χ3n) is 6.00. The molecule has 3 aromatic rings. The quantitative estimate of drug-likeness (QED) is 0.549. The second-order valence-corrected chi connectivity index (χ2v) is 8.62. The number of benzene rings is 2. The van der Waals surface area contributed by atoms with Crippen molar-refractivity contribution in [3.63, 3.8) is 0 Å². The lowest BCUT2D eigenvalue weighted by atomic mass is 10.1. The van der Waals surface area contributed by atoms with E-state index in [1.54, 1.807) is 30.3 Å². The Morgan fingerprint density at radius 1 is 1.00 bits per heavy atom. The highest BCUT2D eigenvalue weighted by molar-refractivity contribution is 6.05. The van der Waals surface area contributed by atoms with Crippen LogP contribution in [0.25, 0.3) is 11.3 Å². The number of hydrogen-bond donors (Lipinski definition) is 3. The number of phenols is 1. The van der Waals surface area contributed by atoms with Gasteiger partial charge in [0, 0.05) is 34.8 Å². The first-order valence-electron chi connectivity index (χ1n) is 11.0. The van der Waals surface area contributed by atoms with Crippen LogP contribution in [0.3, 0.4) is 0 Å². The average Bonchev–Trinajstić information content (AvgIpc) is 3.72. The number of aromatic hydroxyl groups is 1. The fourth-order valence-corrected chi connectivity index (χ4v) is 3.89. The minimum Gasteiger partial charge on any atom is -0.507 e. The number of aromatic nitrogens is 2. The van der Waals surface area contributed by atoms with E-state index in [0.717, 1.165) is 31.4 Å². The number of anilines is 1. The number of carbonyl (C=O) groups excluding carboxylic acids is 2. The predicted molar refractivity (Wildman–Crippen MR) is 119 cm³/mol. The van der Waals surface area contributed by atoms with Crippen LogP contribution in [0.5, 0.6) is 17.2 Å². The van der Waals surface area contributed by atoms with Gasteiger partial charge in [-0.2, -0.15) is 9.78 Å². The van der Waals surface area contributed by atoms with E-state index in [0.29, 0.717) is 39.9 Å². The lowest BCUT2D eigenvalue weighted by Gasteiger charge is -2.08. The number of nitrogens with one attached hydrogen (secondary N) is 2. The molecule has 1 aromatic heterocycles. The molecule has 33 heavy (non-hydrogen) atoms. The number of rotatable bonds is 5. The molecule has 2 aliphatic carbocycles. The molecular weight excluding hydrogens is 424 g/mol. The standard InChI is InChI=1S/C24H22N4O5/c29-20-10-16(25-23(30)14-3-8-21-22(9-14)33-12-32-21)6-7-17(20)18-11-19(13-1-2-13)28(27-18)24(31)26-15-4-5-15/h3,6-11,13,15,29H,1-2,4-5,12H2,(H,25,30)(H,26,31). The molecule has 0 atom stereocenters. The summed E-state index contributed by atoms with van der Waals surface area (Å²) < 4.78 is 12.0. The van der Waals surface area contributed by atoms with Gasteiger partial charge in [-0.25, -0.2) is 4.79 Å². The van der Waals surface area contributed by atoms with E-state index >= 15 is 0 Å². The number of carbonyl (C=O) groups is 2. The van der Waals surface area contributed by atoms with E-state index in [1.807, 2.05) is 6.07 Å². The van der Waals surface area contributed by atoms with Crippen LogP contribution in [0, 0.1) is 0 Å². The summed E-state index contributed by atoms with van der Waals surface area (Å²) in [5, 5.41) is 20.9. The minimum atomic E-state index is -0.336. The molecule has 0 unspecified atom stereocenters. The lowest BCUT2D eigenvalue weighted by Crippen LogP contribution is -2.32. The highest BCUT2D eigenvalue weighted by atomic mass is 16.7. The van der Waals surface area contributed by atoms with Gasteiger partial charge in [-0.15, -0.1) is 0 Å². The molecule has 2 saturated carbocycles. The van der Waals surface area contributed by atoms with Crippen molar-refractivity contribution >= 4 is 17.6 Å². The number of nitrogens with zero attached hydrogens (tertiary/aromatic N) is 2. The summed E-state index contributed by atoms with van der Waals surface area (Å²) in [5.41, 5.74) is 2.73. The second kappa shape index (κ2) is 7.54. The summed E-state index contributed by atoms with van der Waals surface area (Å²) in [6.07, 6.45) is 4.05. The van der Waals surface area contributed by atoms with Gasteiger partial charge in [0.2, 0.25) is 6.79 Å². The minimum absolute atomic E-state index is 0.0342. The third-order valence-corrected chi connectivity index (χ3v) is 6.00. The Morgan fingerprint density at radius 3 is 2.58 bits per heavy atom. The van der Waals surface area contributed by atoms with Gasteiger partial charge in [0.25, 0.3) is 5.91 Å². The zero-order chi connectivity index (χ0) is 22.5. The number of ether oxygens (including phenoxy) is 2. The fraction of sp³-hybridized carbons (Fsp3) is 0.292. The Morgan fingerprint density at radius 2 is 1.82 bits per heavy atom. The monoisotopic (exact) mass is 446 g/mol. The average molecular weight is 446 g/mol. The van der Waals surface area contributed by atoms with Crippen LogP contribution in [0.4, 0.5) is 10.5 Å². The summed E-state index contributed by atoms with van der Waals surface area (Å²) in [5.74, 6) is 1.07. The number of amides is 2. The Bertz CT molecular complexity index is 1280. The Kier molecular flexibility index (Phi) is 4.49. The van der Waals surface area contributed by atoms with Crippen molar-refractivity contribution in [3.05, 3.63) is 53.7 Å². The summed E-state index contributed by atoms with van der Waals surface area (Å²) in [4.78, 5) is 25.3. The van der Waals surface area contributed by atoms with Crippen LogP contribution in [0.1, 0.15) is 47.7 Å². The van der Waals surface area contributed by atoms with E-state index in [9.17, 15) is 14.7 Å². The molecule has 2 amide bonds. The van der Waals surface area contributed by atoms with Gasteiger partial charge in [-0.05, 0) is 62.1 Å².